The first-order valence-corrected chi connectivity index (χ1v) is 11.9. The summed E-state index contributed by atoms with van der Waals surface area (Å²) in [5, 5.41) is 0. The molecule has 4 saturated carbocycles. The van der Waals surface area contributed by atoms with E-state index in [1.54, 1.807) is 0 Å². The molecular weight excluding hydrogens is 332 g/mol. The summed E-state index contributed by atoms with van der Waals surface area (Å²) in [6, 6.07) is 0. The van der Waals surface area contributed by atoms with Crippen LogP contribution in [0.25, 0.3) is 0 Å². The van der Waals surface area contributed by atoms with Crippen LogP contribution in [0.5, 0.6) is 0 Å². The van der Waals surface area contributed by atoms with Crippen molar-refractivity contribution in [3.8, 4) is 0 Å². The predicted molar refractivity (Wildman–Crippen MR) is 110 cm³/mol. The lowest BCUT2D eigenvalue weighted by Crippen LogP contribution is -2.50. The molecule has 2 heteroatoms. The van der Waals surface area contributed by atoms with E-state index in [2.05, 4.69) is 27.7 Å². The highest BCUT2D eigenvalue weighted by molar-refractivity contribution is 5.72. The largest absolute Gasteiger partial charge is 0.466 e. The minimum atomic E-state index is 0.0460. The number of carbonyl (C=O) groups is 1. The van der Waals surface area contributed by atoms with E-state index in [9.17, 15) is 4.79 Å². The van der Waals surface area contributed by atoms with E-state index in [1.165, 1.54) is 57.8 Å². The minimum Gasteiger partial charge on any atom is -0.466 e. The van der Waals surface area contributed by atoms with Crippen molar-refractivity contribution in [1.82, 2.24) is 0 Å². The summed E-state index contributed by atoms with van der Waals surface area (Å²) < 4.78 is 5.40. The molecule has 0 bridgehead atoms. The molecule has 0 aromatic carbocycles. The summed E-state index contributed by atoms with van der Waals surface area (Å²) in [7, 11) is 0. The molecule has 4 aliphatic carbocycles. The van der Waals surface area contributed by atoms with Crippen LogP contribution in [0.4, 0.5) is 0 Å². The van der Waals surface area contributed by atoms with Crippen LogP contribution in [-0.2, 0) is 9.53 Å². The van der Waals surface area contributed by atoms with Gasteiger partial charge < -0.3 is 4.74 Å². The number of rotatable bonds is 3. The van der Waals surface area contributed by atoms with Crippen LogP contribution in [0, 0.1) is 52.3 Å². The first-order valence-electron chi connectivity index (χ1n) is 11.9. The van der Waals surface area contributed by atoms with Crippen molar-refractivity contribution in [2.24, 2.45) is 52.3 Å². The Labute approximate surface area is 167 Å². The van der Waals surface area contributed by atoms with Crippen molar-refractivity contribution < 1.29 is 9.53 Å². The third kappa shape index (κ3) is 3.27. The van der Waals surface area contributed by atoms with E-state index in [4.69, 9.17) is 4.74 Å². The first-order chi connectivity index (χ1) is 12.8. The number of esters is 1. The van der Waals surface area contributed by atoms with Crippen LogP contribution >= 0.6 is 0 Å². The van der Waals surface area contributed by atoms with Crippen molar-refractivity contribution in [3.05, 3.63) is 0 Å². The van der Waals surface area contributed by atoms with Gasteiger partial charge in [-0.05, 0) is 111 Å². The summed E-state index contributed by atoms with van der Waals surface area (Å²) in [6.45, 7) is 12.1. The third-order valence-corrected chi connectivity index (χ3v) is 9.82. The third-order valence-electron chi connectivity index (χ3n) is 9.82. The zero-order valence-electron chi connectivity index (χ0n) is 18.4. The fourth-order valence-electron chi connectivity index (χ4n) is 8.61. The van der Waals surface area contributed by atoms with E-state index >= 15 is 0 Å². The molecule has 0 amide bonds. The van der Waals surface area contributed by atoms with Gasteiger partial charge in [-0.15, -0.1) is 0 Å². The summed E-state index contributed by atoms with van der Waals surface area (Å²) >= 11 is 0. The molecule has 0 aromatic heterocycles. The fraction of sp³-hybridized carbons (Fsp3) is 0.960. The van der Waals surface area contributed by atoms with Gasteiger partial charge in [-0.3, -0.25) is 4.79 Å². The monoisotopic (exact) mass is 374 g/mol. The fourth-order valence-corrected chi connectivity index (χ4v) is 8.61. The highest BCUT2D eigenvalue weighted by Crippen LogP contribution is 2.66. The molecule has 0 heterocycles. The summed E-state index contributed by atoms with van der Waals surface area (Å²) in [5.41, 5.74) is 0.943. The number of hydrogen-bond acceptors (Lipinski definition) is 2. The van der Waals surface area contributed by atoms with Gasteiger partial charge in [-0.2, -0.15) is 0 Å². The summed E-state index contributed by atoms with van der Waals surface area (Å²) in [4.78, 5) is 12.5. The van der Waals surface area contributed by atoms with Crippen molar-refractivity contribution in [2.75, 3.05) is 6.61 Å². The molecule has 8 atom stereocenters. The molecule has 0 N–H and O–H groups in total. The first kappa shape index (κ1) is 19.8. The zero-order valence-corrected chi connectivity index (χ0v) is 18.4. The lowest BCUT2D eigenvalue weighted by Gasteiger charge is -2.57. The molecule has 27 heavy (non-hydrogen) atoms. The Balaban J connectivity index is 1.50. The smallest absolute Gasteiger partial charge is 0.308 e. The molecule has 2 nitrogen and oxygen atoms in total. The van der Waals surface area contributed by atoms with Crippen LogP contribution in [0.3, 0.4) is 0 Å². The topological polar surface area (TPSA) is 26.3 Å². The molecule has 0 aromatic rings. The average molecular weight is 375 g/mol. The standard InChI is InChI=1S/C25H42O2/c1-6-27-23(26)16(2)21-9-10-22-20-8-7-17-15-24(3,4)13-11-18(17)19(20)12-14-25(21,22)5/h16-22H,6-15H2,1-5H3/t16?,17-,18+,19-,20-,21-,22+,25-/m1/s1. The van der Waals surface area contributed by atoms with E-state index in [0.717, 1.165) is 29.6 Å². The van der Waals surface area contributed by atoms with Gasteiger partial charge in [0.2, 0.25) is 0 Å². The molecule has 4 aliphatic rings. The molecule has 0 spiro atoms. The predicted octanol–water partition coefficient (Wildman–Crippen LogP) is 6.48. The second-order valence-electron chi connectivity index (χ2n) is 11.6. The van der Waals surface area contributed by atoms with Crippen LogP contribution in [0.2, 0.25) is 0 Å². The molecule has 154 valence electrons. The zero-order chi connectivity index (χ0) is 19.4. The number of fused-ring (bicyclic) bond motifs is 5. The molecule has 4 fully saturated rings. The molecule has 0 radical (unpaired) electrons. The van der Waals surface area contributed by atoms with Crippen molar-refractivity contribution >= 4 is 5.97 Å². The SMILES string of the molecule is CCOC(=O)C(C)[C@H]1CC[C@H]2[C@@H]3CC[C@@H]4CC(C)(C)CC[C@@H]4[C@H]3CC[C@]12C. The van der Waals surface area contributed by atoms with Crippen molar-refractivity contribution in [2.45, 2.75) is 92.4 Å². The average Bonchev–Trinajstić information content (AvgIpc) is 2.97. The van der Waals surface area contributed by atoms with Crippen LogP contribution in [0.15, 0.2) is 0 Å². The maximum atomic E-state index is 12.5. The molecule has 0 saturated heterocycles. The van der Waals surface area contributed by atoms with Gasteiger partial charge in [0, 0.05) is 0 Å². The Kier molecular flexibility index (Phi) is 5.17. The lowest BCUT2D eigenvalue weighted by atomic mass is 9.48. The van der Waals surface area contributed by atoms with E-state index in [-0.39, 0.29) is 11.9 Å². The normalized spacial score (nSPS) is 46.7. The van der Waals surface area contributed by atoms with Gasteiger partial charge >= 0.3 is 5.97 Å². The van der Waals surface area contributed by atoms with Crippen LogP contribution in [0.1, 0.15) is 92.4 Å². The van der Waals surface area contributed by atoms with Gasteiger partial charge in [-0.1, -0.05) is 27.7 Å². The highest BCUT2D eigenvalue weighted by atomic mass is 16.5. The minimum absolute atomic E-state index is 0.0460. The summed E-state index contributed by atoms with van der Waals surface area (Å²) in [6.07, 6.45) is 12.7. The van der Waals surface area contributed by atoms with Gasteiger partial charge in [0.1, 0.15) is 0 Å². The second kappa shape index (κ2) is 7.06. The Morgan fingerprint density at radius 3 is 2.44 bits per heavy atom. The van der Waals surface area contributed by atoms with Gasteiger partial charge in [0.25, 0.3) is 0 Å². The van der Waals surface area contributed by atoms with E-state index < -0.39 is 0 Å². The Morgan fingerprint density at radius 1 is 0.963 bits per heavy atom. The number of hydrogen-bond donors (Lipinski definition) is 0. The number of carbonyl (C=O) groups excluding carboxylic acids is 1. The maximum absolute atomic E-state index is 12.5. The Bertz CT molecular complexity index is 567. The molecule has 1 unspecified atom stereocenters. The highest BCUT2D eigenvalue weighted by Gasteiger charge is 2.58. The van der Waals surface area contributed by atoms with Crippen LogP contribution in [-0.4, -0.2) is 12.6 Å². The van der Waals surface area contributed by atoms with Crippen LogP contribution < -0.4 is 0 Å². The number of ether oxygens (including phenoxy) is 1. The summed E-state index contributed by atoms with van der Waals surface area (Å²) in [5.74, 6) is 5.42. The van der Waals surface area contributed by atoms with E-state index in [1.807, 2.05) is 6.92 Å². The molecule has 0 aliphatic heterocycles. The second-order valence-corrected chi connectivity index (χ2v) is 11.6. The maximum Gasteiger partial charge on any atom is 0.308 e. The quantitative estimate of drug-likeness (QED) is 0.528. The van der Waals surface area contributed by atoms with Gasteiger partial charge in [0.15, 0.2) is 0 Å². The Morgan fingerprint density at radius 2 is 1.70 bits per heavy atom. The molecule has 4 rings (SSSR count). The van der Waals surface area contributed by atoms with Crippen molar-refractivity contribution in [3.63, 3.8) is 0 Å². The van der Waals surface area contributed by atoms with Crippen molar-refractivity contribution in [1.29, 1.82) is 0 Å². The van der Waals surface area contributed by atoms with Gasteiger partial charge in [0.05, 0.1) is 12.5 Å². The lowest BCUT2D eigenvalue weighted by molar-refractivity contribution is -0.152. The Hall–Kier alpha value is -0.530. The van der Waals surface area contributed by atoms with E-state index in [0.29, 0.717) is 23.4 Å². The van der Waals surface area contributed by atoms with Gasteiger partial charge in [-0.25, -0.2) is 0 Å². The molecular formula is C25H42O2.